The van der Waals surface area contributed by atoms with Crippen LogP contribution in [0.5, 0.6) is 0 Å². The van der Waals surface area contributed by atoms with Crippen molar-refractivity contribution in [2.45, 2.75) is 31.6 Å². The first-order valence-electron chi connectivity index (χ1n) is 5.90. The molecule has 2 N–H and O–H groups in total. The van der Waals surface area contributed by atoms with Gasteiger partial charge in [0, 0.05) is 29.9 Å². The first-order chi connectivity index (χ1) is 7.25. The van der Waals surface area contributed by atoms with Gasteiger partial charge in [0.25, 0.3) is 0 Å². The van der Waals surface area contributed by atoms with E-state index in [9.17, 15) is 0 Å². The van der Waals surface area contributed by atoms with Crippen LogP contribution in [-0.2, 0) is 5.41 Å². The van der Waals surface area contributed by atoms with Crippen molar-refractivity contribution < 1.29 is 0 Å². The highest BCUT2D eigenvalue weighted by Crippen LogP contribution is 2.56. The molecule has 1 aliphatic carbocycles. The van der Waals surface area contributed by atoms with E-state index in [4.69, 9.17) is 5.73 Å². The van der Waals surface area contributed by atoms with Gasteiger partial charge in [-0.15, -0.1) is 0 Å². The van der Waals surface area contributed by atoms with Crippen molar-refractivity contribution in [2.75, 3.05) is 23.7 Å². The summed E-state index contributed by atoms with van der Waals surface area (Å²) < 4.78 is 0. The zero-order chi connectivity index (χ0) is 10.5. The molecule has 2 nitrogen and oxygen atoms in total. The smallest absolute Gasteiger partial charge is 0.0406 e. The second-order valence-electron chi connectivity index (χ2n) is 4.98. The maximum absolute atomic E-state index is 5.88. The summed E-state index contributed by atoms with van der Waals surface area (Å²) in [6, 6.07) is 6.42. The van der Waals surface area contributed by atoms with Gasteiger partial charge in [0.1, 0.15) is 0 Å². The summed E-state index contributed by atoms with van der Waals surface area (Å²) in [5.41, 5.74) is 10.2. The summed E-state index contributed by atoms with van der Waals surface area (Å²) in [5, 5.41) is 0. The van der Waals surface area contributed by atoms with Crippen molar-refractivity contribution in [3.8, 4) is 0 Å². The molecule has 0 unspecified atom stereocenters. The molecular weight excluding hydrogens is 184 g/mol. The standard InChI is InChI=1S/C13H18N2/c1-2-7-15-9-13(5-6-13)11-8-10(14)3-4-12(11)15/h3-4,8H,2,5-7,9,14H2,1H3. The molecule has 1 aromatic rings. The van der Waals surface area contributed by atoms with Gasteiger partial charge in [0.2, 0.25) is 0 Å². The molecule has 1 aliphatic heterocycles. The number of benzene rings is 1. The van der Waals surface area contributed by atoms with Crippen LogP contribution in [0.4, 0.5) is 11.4 Å². The lowest BCUT2D eigenvalue weighted by molar-refractivity contribution is 0.687. The molecule has 0 saturated heterocycles. The Morgan fingerprint density at radius 2 is 2.20 bits per heavy atom. The molecule has 1 aromatic carbocycles. The summed E-state index contributed by atoms with van der Waals surface area (Å²) in [4.78, 5) is 2.53. The van der Waals surface area contributed by atoms with E-state index < -0.39 is 0 Å². The molecule has 15 heavy (non-hydrogen) atoms. The third kappa shape index (κ3) is 1.24. The molecule has 2 heteroatoms. The number of hydrogen-bond donors (Lipinski definition) is 1. The van der Waals surface area contributed by atoms with Gasteiger partial charge >= 0.3 is 0 Å². The molecule has 0 radical (unpaired) electrons. The number of hydrogen-bond acceptors (Lipinski definition) is 2. The van der Waals surface area contributed by atoms with E-state index in [0.29, 0.717) is 5.41 Å². The Hall–Kier alpha value is -1.18. The van der Waals surface area contributed by atoms with Gasteiger partial charge in [-0.3, -0.25) is 0 Å². The lowest BCUT2D eigenvalue weighted by atomic mass is 9.98. The Morgan fingerprint density at radius 1 is 1.40 bits per heavy atom. The molecule has 80 valence electrons. The molecule has 2 aliphatic rings. The minimum absolute atomic E-state index is 0.486. The predicted octanol–water partition coefficient (Wildman–Crippen LogP) is 2.53. The van der Waals surface area contributed by atoms with E-state index in [1.54, 1.807) is 0 Å². The van der Waals surface area contributed by atoms with Gasteiger partial charge in [-0.25, -0.2) is 0 Å². The van der Waals surface area contributed by atoms with Gasteiger partial charge in [-0.2, -0.15) is 0 Å². The average Bonchev–Trinajstić information content (AvgIpc) is 2.92. The van der Waals surface area contributed by atoms with Crippen molar-refractivity contribution in [3.63, 3.8) is 0 Å². The van der Waals surface area contributed by atoms with Crippen LogP contribution in [0, 0.1) is 0 Å². The Labute approximate surface area is 91.1 Å². The van der Waals surface area contributed by atoms with Crippen molar-refractivity contribution in [1.82, 2.24) is 0 Å². The molecule has 0 bridgehead atoms. The number of fused-ring (bicyclic) bond motifs is 2. The molecular formula is C13H18N2. The van der Waals surface area contributed by atoms with Crippen LogP contribution in [0.15, 0.2) is 18.2 Å². The van der Waals surface area contributed by atoms with Crippen molar-refractivity contribution >= 4 is 11.4 Å². The largest absolute Gasteiger partial charge is 0.399 e. The number of nitrogens with zero attached hydrogens (tertiary/aromatic N) is 1. The van der Waals surface area contributed by atoms with Gasteiger partial charge in [-0.1, -0.05) is 6.92 Å². The van der Waals surface area contributed by atoms with Crippen molar-refractivity contribution in [1.29, 1.82) is 0 Å². The van der Waals surface area contributed by atoms with Crippen LogP contribution in [-0.4, -0.2) is 13.1 Å². The van der Waals surface area contributed by atoms with Gasteiger partial charge in [-0.05, 0) is 43.0 Å². The monoisotopic (exact) mass is 202 g/mol. The molecule has 1 spiro atoms. The molecule has 1 saturated carbocycles. The summed E-state index contributed by atoms with van der Waals surface area (Å²) in [5.74, 6) is 0. The SMILES string of the molecule is CCCN1CC2(CC2)c2cc(N)ccc21. The first kappa shape index (κ1) is 9.08. The maximum atomic E-state index is 5.88. The molecule has 0 amide bonds. The van der Waals surface area contributed by atoms with Gasteiger partial charge in [0.05, 0.1) is 0 Å². The summed E-state index contributed by atoms with van der Waals surface area (Å²) in [6.07, 6.45) is 3.92. The third-order valence-electron chi connectivity index (χ3n) is 3.77. The summed E-state index contributed by atoms with van der Waals surface area (Å²) >= 11 is 0. The van der Waals surface area contributed by atoms with Crippen LogP contribution in [0.2, 0.25) is 0 Å². The first-order valence-corrected chi connectivity index (χ1v) is 5.90. The van der Waals surface area contributed by atoms with Crippen molar-refractivity contribution in [3.05, 3.63) is 23.8 Å². The van der Waals surface area contributed by atoms with Crippen LogP contribution in [0.1, 0.15) is 31.7 Å². The molecule has 0 atom stereocenters. The van der Waals surface area contributed by atoms with Crippen molar-refractivity contribution in [2.24, 2.45) is 0 Å². The fourth-order valence-corrected chi connectivity index (χ4v) is 2.84. The summed E-state index contributed by atoms with van der Waals surface area (Å²) in [6.45, 7) is 4.65. The number of anilines is 2. The quantitative estimate of drug-likeness (QED) is 0.747. The minimum atomic E-state index is 0.486. The number of nitrogen functional groups attached to an aromatic ring is 1. The summed E-state index contributed by atoms with van der Waals surface area (Å²) in [7, 11) is 0. The maximum Gasteiger partial charge on any atom is 0.0406 e. The topological polar surface area (TPSA) is 29.3 Å². The van der Waals surface area contributed by atoms with E-state index in [0.717, 1.165) is 5.69 Å². The Kier molecular flexibility index (Phi) is 1.76. The molecule has 0 aromatic heterocycles. The zero-order valence-corrected chi connectivity index (χ0v) is 9.29. The number of nitrogens with two attached hydrogens (primary N) is 1. The highest BCUT2D eigenvalue weighted by atomic mass is 15.2. The van der Waals surface area contributed by atoms with E-state index in [1.807, 2.05) is 6.07 Å². The highest BCUT2D eigenvalue weighted by molar-refractivity contribution is 5.68. The number of rotatable bonds is 2. The fourth-order valence-electron chi connectivity index (χ4n) is 2.84. The van der Waals surface area contributed by atoms with E-state index in [-0.39, 0.29) is 0 Å². The fraction of sp³-hybridized carbons (Fsp3) is 0.538. The van der Waals surface area contributed by atoms with Crippen LogP contribution < -0.4 is 10.6 Å². The zero-order valence-electron chi connectivity index (χ0n) is 9.29. The highest BCUT2D eigenvalue weighted by Gasteiger charge is 2.51. The van der Waals surface area contributed by atoms with Gasteiger partial charge < -0.3 is 10.6 Å². The Morgan fingerprint density at radius 3 is 2.87 bits per heavy atom. The lowest BCUT2D eigenvalue weighted by Crippen LogP contribution is -2.24. The van der Waals surface area contributed by atoms with Crippen LogP contribution in [0.25, 0.3) is 0 Å². The lowest BCUT2D eigenvalue weighted by Gasteiger charge is -2.18. The van der Waals surface area contributed by atoms with Gasteiger partial charge in [0.15, 0.2) is 0 Å². The average molecular weight is 202 g/mol. The second-order valence-corrected chi connectivity index (χ2v) is 4.98. The minimum Gasteiger partial charge on any atom is -0.399 e. The third-order valence-corrected chi connectivity index (χ3v) is 3.77. The predicted molar refractivity (Wildman–Crippen MR) is 64.3 cm³/mol. The molecule has 1 fully saturated rings. The Bertz CT molecular complexity index is 394. The van der Waals surface area contributed by atoms with E-state index >= 15 is 0 Å². The second kappa shape index (κ2) is 2.91. The van der Waals surface area contributed by atoms with E-state index in [2.05, 4.69) is 24.0 Å². The van der Waals surface area contributed by atoms with E-state index in [1.165, 1.54) is 43.6 Å². The Balaban J connectivity index is 2.04. The molecule has 3 rings (SSSR count). The van der Waals surface area contributed by atoms with Crippen LogP contribution >= 0.6 is 0 Å². The van der Waals surface area contributed by atoms with Crippen LogP contribution in [0.3, 0.4) is 0 Å². The molecule has 1 heterocycles. The normalized spacial score (nSPS) is 20.7.